The van der Waals surface area contributed by atoms with Crippen LogP contribution in [0.3, 0.4) is 0 Å². The normalized spacial score (nSPS) is 17.7. The van der Waals surface area contributed by atoms with Gasteiger partial charge >= 0.3 is 6.18 Å². The molecule has 0 aromatic carbocycles. The van der Waals surface area contributed by atoms with Gasteiger partial charge < -0.3 is 16.4 Å². The van der Waals surface area contributed by atoms with E-state index in [4.69, 9.17) is 11.5 Å². The molecular weight excluding hydrogens is 279 g/mol. The van der Waals surface area contributed by atoms with E-state index in [9.17, 15) is 18.0 Å². The molecule has 0 radical (unpaired) electrons. The highest BCUT2D eigenvalue weighted by Gasteiger charge is 2.41. The first-order chi connectivity index (χ1) is 8.79. The zero-order valence-corrected chi connectivity index (χ0v) is 10.9. The van der Waals surface area contributed by atoms with E-state index in [0.717, 1.165) is 11.3 Å². The van der Waals surface area contributed by atoms with Gasteiger partial charge in [0.2, 0.25) is 0 Å². The van der Waals surface area contributed by atoms with Crippen molar-refractivity contribution in [2.24, 2.45) is 11.7 Å². The van der Waals surface area contributed by atoms with Gasteiger partial charge in [-0.25, -0.2) is 0 Å². The van der Waals surface area contributed by atoms with Crippen molar-refractivity contribution in [2.45, 2.75) is 19.0 Å². The molecule has 0 unspecified atom stereocenters. The highest BCUT2D eigenvalue weighted by molar-refractivity contribution is 7.18. The van der Waals surface area contributed by atoms with Crippen LogP contribution in [0.15, 0.2) is 6.07 Å². The van der Waals surface area contributed by atoms with Crippen LogP contribution in [0, 0.1) is 5.92 Å². The summed E-state index contributed by atoms with van der Waals surface area (Å²) in [4.78, 5) is 13.2. The molecule has 19 heavy (non-hydrogen) atoms. The number of rotatable bonds is 2. The van der Waals surface area contributed by atoms with Crippen LogP contribution in [0.25, 0.3) is 0 Å². The lowest BCUT2D eigenvalue weighted by Crippen LogP contribution is -2.38. The van der Waals surface area contributed by atoms with Crippen molar-refractivity contribution in [3.8, 4) is 0 Å². The summed E-state index contributed by atoms with van der Waals surface area (Å²) in [5.41, 5.74) is 11.1. The molecule has 2 rings (SSSR count). The molecule has 1 fully saturated rings. The third-order valence-electron chi connectivity index (χ3n) is 3.24. The number of thiophene rings is 1. The van der Waals surface area contributed by atoms with Crippen LogP contribution in [-0.4, -0.2) is 25.2 Å². The molecule has 0 aliphatic carbocycles. The fourth-order valence-electron chi connectivity index (χ4n) is 2.17. The Morgan fingerprint density at radius 2 is 1.95 bits per heavy atom. The maximum Gasteiger partial charge on any atom is 0.391 e. The van der Waals surface area contributed by atoms with E-state index in [-0.39, 0.29) is 23.4 Å². The van der Waals surface area contributed by atoms with Gasteiger partial charge in [0, 0.05) is 13.1 Å². The molecule has 0 atom stereocenters. The molecule has 1 saturated heterocycles. The van der Waals surface area contributed by atoms with E-state index in [1.807, 2.05) is 4.90 Å². The lowest BCUT2D eigenvalue weighted by molar-refractivity contribution is -0.179. The summed E-state index contributed by atoms with van der Waals surface area (Å²) in [7, 11) is 0. The molecule has 0 spiro atoms. The molecular formula is C11H14F3N3OS. The topological polar surface area (TPSA) is 72.4 Å². The van der Waals surface area contributed by atoms with Gasteiger partial charge in [-0.3, -0.25) is 4.79 Å². The number of piperidine rings is 1. The first-order valence-electron chi connectivity index (χ1n) is 5.80. The number of carbonyl (C=O) groups is 1. The van der Waals surface area contributed by atoms with Crippen LogP contribution in [0.5, 0.6) is 0 Å². The van der Waals surface area contributed by atoms with E-state index in [2.05, 4.69) is 0 Å². The third-order valence-corrected chi connectivity index (χ3v) is 4.47. The summed E-state index contributed by atoms with van der Waals surface area (Å²) < 4.78 is 37.6. The lowest BCUT2D eigenvalue weighted by atomic mass is 9.96. The fourth-order valence-corrected chi connectivity index (χ4v) is 3.15. The van der Waals surface area contributed by atoms with E-state index in [1.165, 1.54) is 0 Å². The Balaban J connectivity index is 2.06. The number of carbonyl (C=O) groups excluding carboxylic acids is 1. The van der Waals surface area contributed by atoms with Gasteiger partial charge in [-0.2, -0.15) is 13.2 Å². The van der Waals surface area contributed by atoms with Gasteiger partial charge in [0.15, 0.2) is 0 Å². The standard InChI is InChI=1S/C11H14F3N3OS/c12-11(13,14)6-1-3-17(4-2-6)8-5-7(15)9(19-8)10(16)18/h5-6H,1-4,15H2,(H2,16,18). The molecule has 1 aromatic rings. The summed E-state index contributed by atoms with van der Waals surface area (Å²) in [5, 5.41) is 0.701. The van der Waals surface area contributed by atoms with Crippen molar-refractivity contribution in [2.75, 3.05) is 23.7 Å². The van der Waals surface area contributed by atoms with Crippen LogP contribution in [0.1, 0.15) is 22.5 Å². The minimum atomic E-state index is -4.13. The third kappa shape index (κ3) is 2.94. The SMILES string of the molecule is NC(=O)c1sc(N2CCC(C(F)(F)F)CC2)cc1N. The molecule has 8 heteroatoms. The van der Waals surface area contributed by atoms with Crippen molar-refractivity contribution < 1.29 is 18.0 Å². The average molecular weight is 293 g/mol. The molecule has 1 amide bonds. The number of hydrogen-bond acceptors (Lipinski definition) is 4. The molecule has 106 valence electrons. The van der Waals surface area contributed by atoms with Crippen molar-refractivity contribution in [3.05, 3.63) is 10.9 Å². The number of nitrogens with zero attached hydrogens (tertiary/aromatic N) is 1. The van der Waals surface area contributed by atoms with E-state index < -0.39 is 18.0 Å². The largest absolute Gasteiger partial charge is 0.397 e. The van der Waals surface area contributed by atoms with Crippen molar-refractivity contribution >= 4 is 27.9 Å². The Morgan fingerprint density at radius 3 is 2.37 bits per heavy atom. The summed E-state index contributed by atoms with van der Waals surface area (Å²) in [6.45, 7) is 0.616. The van der Waals surface area contributed by atoms with Crippen LogP contribution in [-0.2, 0) is 0 Å². The first-order valence-corrected chi connectivity index (χ1v) is 6.61. The van der Waals surface area contributed by atoms with Gasteiger partial charge in [-0.1, -0.05) is 0 Å². The van der Waals surface area contributed by atoms with Crippen LogP contribution >= 0.6 is 11.3 Å². The monoisotopic (exact) mass is 293 g/mol. The van der Waals surface area contributed by atoms with Crippen molar-refractivity contribution in [3.63, 3.8) is 0 Å². The predicted molar refractivity (Wildman–Crippen MR) is 68.2 cm³/mol. The van der Waals surface area contributed by atoms with Gasteiger partial charge in [0.1, 0.15) is 4.88 Å². The lowest BCUT2D eigenvalue weighted by Gasteiger charge is -2.33. The number of hydrogen-bond donors (Lipinski definition) is 2. The number of amides is 1. The number of alkyl halides is 3. The number of primary amides is 1. The Kier molecular flexibility index (Phi) is 3.62. The fraction of sp³-hybridized carbons (Fsp3) is 0.545. The molecule has 1 aromatic heterocycles. The number of halogens is 3. The summed E-state index contributed by atoms with van der Waals surface area (Å²) in [6.07, 6.45) is -4.00. The molecule has 4 nitrogen and oxygen atoms in total. The van der Waals surface area contributed by atoms with E-state index >= 15 is 0 Å². The van der Waals surface area contributed by atoms with Crippen molar-refractivity contribution in [1.82, 2.24) is 0 Å². The zero-order chi connectivity index (χ0) is 14.2. The summed E-state index contributed by atoms with van der Waals surface area (Å²) in [5.74, 6) is -1.85. The predicted octanol–water partition coefficient (Wildman–Crippen LogP) is 2.21. The average Bonchev–Trinajstić information content (AvgIpc) is 2.70. The molecule has 4 N–H and O–H groups in total. The second kappa shape index (κ2) is 4.92. The van der Waals surface area contributed by atoms with Gasteiger partial charge in [0.05, 0.1) is 16.6 Å². The molecule has 1 aliphatic rings. The highest BCUT2D eigenvalue weighted by atomic mass is 32.1. The van der Waals surface area contributed by atoms with Crippen LogP contribution in [0.2, 0.25) is 0 Å². The van der Waals surface area contributed by atoms with E-state index in [1.54, 1.807) is 6.07 Å². The number of anilines is 2. The highest BCUT2D eigenvalue weighted by Crippen LogP contribution is 2.38. The van der Waals surface area contributed by atoms with E-state index in [0.29, 0.717) is 18.1 Å². The smallest absolute Gasteiger partial charge is 0.391 e. The minimum Gasteiger partial charge on any atom is -0.397 e. The van der Waals surface area contributed by atoms with Gasteiger partial charge in [0.25, 0.3) is 5.91 Å². The van der Waals surface area contributed by atoms with Gasteiger partial charge in [-0.05, 0) is 18.9 Å². The van der Waals surface area contributed by atoms with Gasteiger partial charge in [-0.15, -0.1) is 11.3 Å². The molecule has 0 saturated carbocycles. The maximum absolute atomic E-state index is 12.5. The quantitative estimate of drug-likeness (QED) is 0.878. The minimum absolute atomic E-state index is 0.0627. The Morgan fingerprint density at radius 1 is 1.37 bits per heavy atom. The molecule has 0 bridgehead atoms. The summed E-state index contributed by atoms with van der Waals surface area (Å²) in [6, 6.07) is 1.60. The van der Waals surface area contributed by atoms with Crippen molar-refractivity contribution in [1.29, 1.82) is 0 Å². The first kappa shape index (κ1) is 14.0. The van der Waals surface area contributed by atoms with Crippen LogP contribution < -0.4 is 16.4 Å². The molecule has 1 aliphatic heterocycles. The Bertz CT molecular complexity index is 478. The zero-order valence-electron chi connectivity index (χ0n) is 10.0. The van der Waals surface area contributed by atoms with Crippen LogP contribution in [0.4, 0.5) is 23.9 Å². The number of nitrogens with two attached hydrogens (primary N) is 2. The number of nitrogen functional groups attached to an aromatic ring is 1. The maximum atomic E-state index is 12.5. The summed E-state index contributed by atoms with van der Waals surface area (Å²) >= 11 is 1.13. The Labute approximate surface area is 112 Å². The second-order valence-corrected chi connectivity index (χ2v) is 5.57. The molecule has 2 heterocycles. The Hall–Kier alpha value is -1.44. The second-order valence-electron chi connectivity index (χ2n) is 4.54.